The predicted molar refractivity (Wildman–Crippen MR) is 107 cm³/mol. The van der Waals surface area contributed by atoms with Crippen LogP contribution < -0.4 is 16.4 Å². The van der Waals surface area contributed by atoms with Crippen molar-refractivity contribution in [2.75, 3.05) is 29.5 Å². The van der Waals surface area contributed by atoms with Crippen LogP contribution in [0, 0.1) is 0 Å². The van der Waals surface area contributed by atoms with Crippen molar-refractivity contribution >= 4 is 29.0 Å². The smallest absolute Gasteiger partial charge is 0.338 e. The molecule has 0 atom stereocenters. The van der Waals surface area contributed by atoms with Crippen LogP contribution in [0.15, 0.2) is 49.3 Å². The average Bonchev–Trinajstić information content (AvgIpc) is 3.22. The lowest BCUT2D eigenvalue weighted by atomic mass is 10.2. The molecule has 3 aromatic rings. The lowest BCUT2D eigenvalue weighted by molar-refractivity contribution is 0.0526. The molecule has 0 radical (unpaired) electrons. The van der Waals surface area contributed by atoms with Crippen molar-refractivity contribution < 1.29 is 9.53 Å². The molecule has 28 heavy (non-hydrogen) atoms. The Hall–Kier alpha value is -3.62. The van der Waals surface area contributed by atoms with Gasteiger partial charge < -0.3 is 25.7 Å². The number of nitrogen functional groups attached to an aromatic ring is 1. The maximum absolute atomic E-state index is 11.7. The van der Waals surface area contributed by atoms with Gasteiger partial charge in [-0.3, -0.25) is 0 Å². The Morgan fingerprint density at radius 1 is 1.21 bits per heavy atom. The Bertz CT molecular complexity index is 895. The number of hydrogen-bond acceptors (Lipinski definition) is 8. The summed E-state index contributed by atoms with van der Waals surface area (Å²) in [5.41, 5.74) is 7.86. The molecular formula is C19H23N7O2. The summed E-state index contributed by atoms with van der Waals surface area (Å²) in [6.45, 7) is 3.69. The van der Waals surface area contributed by atoms with Crippen LogP contribution in [-0.4, -0.2) is 38.6 Å². The Morgan fingerprint density at radius 2 is 2.00 bits per heavy atom. The van der Waals surface area contributed by atoms with E-state index in [4.69, 9.17) is 10.5 Å². The molecule has 3 rings (SSSR count). The molecule has 4 N–H and O–H groups in total. The van der Waals surface area contributed by atoms with Gasteiger partial charge >= 0.3 is 5.97 Å². The highest BCUT2D eigenvalue weighted by Crippen LogP contribution is 2.25. The molecule has 1 aromatic carbocycles. The molecule has 0 saturated carbocycles. The molecule has 9 heteroatoms. The van der Waals surface area contributed by atoms with Gasteiger partial charge in [0.25, 0.3) is 0 Å². The Labute approximate surface area is 163 Å². The first-order valence-electron chi connectivity index (χ1n) is 9.01. The van der Waals surface area contributed by atoms with Gasteiger partial charge in [0.1, 0.15) is 12.0 Å². The van der Waals surface area contributed by atoms with Crippen LogP contribution in [0.5, 0.6) is 0 Å². The number of aromatic nitrogens is 4. The highest BCUT2D eigenvalue weighted by atomic mass is 16.5. The number of carbonyl (C=O) groups excluding carboxylic acids is 1. The van der Waals surface area contributed by atoms with Crippen molar-refractivity contribution in [2.24, 2.45) is 0 Å². The maximum atomic E-state index is 11.7. The van der Waals surface area contributed by atoms with Gasteiger partial charge in [-0.1, -0.05) is 0 Å². The number of imidazole rings is 1. The van der Waals surface area contributed by atoms with Crippen LogP contribution in [0.1, 0.15) is 23.7 Å². The first kappa shape index (κ1) is 19.2. The number of nitrogens with two attached hydrogens (primary N) is 1. The SMILES string of the molecule is CCOC(=O)c1ccc(Nc2ncnc(NCCCn3ccnc3)c2N)cc1. The Morgan fingerprint density at radius 3 is 2.71 bits per heavy atom. The van der Waals surface area contributed by atoms with Gasteiger partial charge in [-0.25, -0.2) is 19.7 Å². The quantitative estimate of drug-likeness (QED) is 0.382. The molecular weight excluding hydrogens is 358 g/mol. The van der Waals surface area contributed by atoms with Crippen molar-refractivity contribution in [1.29, 1.82) is 0 Å². The van der Waals surface area contributed by atoms with E-state index >= 15 is 0 Å². The molecule has 0 amide bonds. The minimum Gasteiger partial charge on any atom is -0.462 e. The van der Waals surface area contributed by atoms with Gasteiger partial charge in [0, 0.05) is 31.2 Å². The van der Waals surface area contributed by atoms with E-state index in [0.29, 0.717) is 36.0 Å². The van der Waals surface area contributed by atoms with Crippen molar-refractivity contribution in [3.63, 3.8) is 0 Å². The van der Waals surface area contributed by atoms with Gasteiger partial charge in [-0.2, -0.15) is 0 Å². The zero-order chi connectivity index (χ0) is 19.8. The Balaban J connectivity index is 1.58. The third kappa shape index (κ3) is 4.97. The van der Waals surface area contributed by atoms with E-state index in [-0.39, 0.29) is 5.97 Å². The first-order chi connectivity index (χ1) is 13.7. The van der Waals surface area contributed by atoms with Gasteiger partial charge in [-0.05, 0) is 37.6 Å². The minimum absolute atomic E-state index is 0.342. The fraction of sp³-hybridized carbons (Fsp3) is 0.263. The molecule has 146 valence electrons. The first-order valence-corrected chi connectivity index (χ1v) is 9.01. The number of ether oxygens (including phenoxy) is 1. The van der Waals surface area contributed by atoms with Crippen molar-refractivity contribution in [1.82, 2.24) is 19.5 Å². The molecule has 0 spiro atoms. The number of carbonyl (C=O) groups is 1. The van der Waals surface area contributed by atoms with E-state index in [0.717, 1.165) is 18.7 Å². The van der Waals surface area contributed by atoms with E-state index in [1.165, 1.54) is 6.33 Å². The van der Waals surface area contributed by atoms with Gasteiger partial charge in [0.05, 0.1) is 18.5 Å². The van der Waals surface area contributed by atoms with E-state index in [2.05, 4.69) is 25.6 Å². The second-order valence-electron chi connectivity index (χ2n) is 5.99. The monoisotopic (exact) mass is 381 g/mol. The van der Waals surface area contributed by atoms with Crippen LogP contribution in [-0.2, 0) is 11.3 Å². The highest BCUT2D eigenvalue weighted by Gasteiger charge is 2.09. The molecule has 0 aliphatic carbocycles. The zero-order valence-corrected chi connectivity index (χ0v) is 15.6. The van der Waals surface area contributed by atoms with Gasteiger partial charge in [0.2, 0.25) is 0 Å². The van der Waals surface area contributed by atoms with E-state index in [1.807, 2.05) is 10.8 Å². The van der Waals surface area contributed by atoms with E-state index in [1.54, 1.807) is 43.7 Å². The molecule has 0 bridgehead atoms. The predicted octanol–water partition coefficient (Wildman–Crippen LogP) is 2.68. The normalized spacial score (nSPS) is 10.5. The van der Waals surface area contributed by atoms with Crippen molar-refractivity contribution in [3.05, 3.63) is 54.9 Å². The number of rotatable bonds is 9. The maximum Gasteiger partial charge on any atom is 0.338 e. The molecule has 0 saturated heterocycles. The number of nitrogens with one attached hydrogen (secondary N) is 2. The number of nitrogens with zero attached hydrogens (tertiary/aromatic N) is 4. The molecule has 0 unspecified atom stereocenters. The fourth-order valence-electron chi connectivity index (χ4n) is 2.56. The number of aryl methyl sites for hydroxylation is 1. The third-order valence-electron chi connectivity index (χ3n) is 3.99. The summed E-state index contributed by atoms with van der Waals surface area (Å²) >= 11 is 0. The lowest BCUT2D eigenvalue weighted by Crippen LogP contribution is -2.11. The average molecular weight is 381 g/mol. The standard InChI is InChI=1S/C19H23N7O2/c1-2-28-19(27)14-4-6-15(7-5-14)25-18-16(20)17(23-12-24-18)22-8-3-10-26-11-9-21-13-26/h4-7,9,11-13H,2-3,8,10,20H2,1H3,(H2,22,23,24,25). The summed E-state index contributed by atoms with van der Waals surface area (Å²) in [5.74, 6) is 0.722. The minimum atomic E-state index is -0.349. The van der Waals surface area contributed by atoms with Crippen molar-refractivity contribution in [2.45, 2.75) is 19.9 Å². The van der Waals surface area contributed by atoms with Crippen molar-refractivity contribution in [3.8, 4) is 0 Å². The molecule has 2 aromatic heterocycles. The number of benzene rings is 1. The fourth-order valence-corrected chi connectivity index (χ4v) is 2.56. The highest BCUT2D eigenvalue weighted by molar-refractivity contribution is 5.90. The third-order valence-corrected chi connectivity index (χ3v) is 3.99. The summed E-state index contributed by atoms with van der Waals surface area (Å²) in [4.78, 5) is 24.1. The molecule has 0 fully saturated rings. The summed E-state index contributed by atoms with van der Waals surface area (Å²) in [6, 6.07) is 6.91. The van der Waals surface area contributed by atoms with Gasteiger partial charge in [-0.15, -0.1) is 0 Å². The summed E-state index contributed by atoms with van der Waals surface area (Å²) < 4.78 is 6.99. The van der Waals surface area contributed by atoms with Crippen LogP contribution in [0.2, 0.25) is 0 Å². The van der Waals surface area contributed by atoms with Crippen LogP contribution in [0.4, 0.5) is 23.0 Å². The summed E-state index contributed by atoms with van der Waals surface area (Å²) in [7, 11) is 0. The second kappa shape index (κ2) is 9.36. The number of hydrogen-bond donors (Lipinski definition) is 3. The molecule has 9 nitrogen and oxygen atoms in total. The largest absolute Gasteiger partial charge is 0.462 e. The number of anilines is 4. The molecule has 0 aliphatic rings. The summed E-state index contributed by atoms with van der Waals surface area (Å²) in [6.07, 6.45) is 7.82. The van der Waals surface area contributed by atoms with E-state index in [9.17, 15) is 4.79 Å². The second-order valence-corrected chi connectivity index (χ2v) is 5.99. The van der Waals surface area contributed by atoms with Crippen LogP contribution in [0.3, 0.4) is 0 Å². The Kier molecular flexibility index (Phi) is 6.40. The number of esters is 1. The van der Waals surface area contributed by atoms with E-state index < -0.39 is 0 Å². The van der Waals surface area contributed by atoms with Gasteiger partial charge in [0.15, 0.2) is 11.6 Å². The molecule has 0 aliphatic heterocycles. The topological polar surface area (TPSA) is 120 Å². The molecule has 2 heterocycles. The summed E-state index contributed by atoms with van der Waals surface area (Å²) in [5, 5.41) is 6.37. The van der Waals surface area contributed by atoms with Crippen LogP contribution in [0.25, 0.3) is 0 Å². The van der Waals surface area contributed by atoms with Crippen LogP contribution >= 0.6 is 0 Å². The lowest BCUT2D eigenvalue weighted by Gasteiger charge is -2.13. The zero-order valence-electron chi connectivity index (χ0n) is 15.6.